The van der Waals surface area contributed by atoms with Crippen molar-refractivity contribution in [1.29, 1.82) is 0 Å². The van der Waals surface area contributed by atoms with Crippen LogP contribution in [0.15, 0.2) is 22.9 Å². The van der Waals surface area contributed by atoms with E-state index in [0.29, 0.717) is 5.52 Å². The first kappa shape index (κ1) is 12.0. The number of aromatic nitrogens is 2. The number of carbonyl (C=O) groups is 1. The first-order valence-corrected chi connectivity index (χ1v) is 4.73. The Morgan fingerprint density at radius 2 is 2.20 bits per heavy atom. The van der Waals surface area contributed by atoms with Crippen LogP contribution in [0.25, 0.3) is 11.0 Å². The number of carboxylic acids is 1. The normalized spacial score (nSPS) is 10.0. The third kappa shape index (κ3) is 1.98. The van der Waals surface area contributed by atoms with Crippen LogP contribution in [0.5, 0.6) is 0 Å². The fourth-order valence-electron chi connectivity index (χ4n) is 1.36. The number of hydrogen-bond acceptors (Lipinski definition) is 2. The molecule has 0 aliphatic rings. The standard InChI is InChI=1S/C9H7BrN2O2.ClH/c1-12-4-11-7-3-5(9(13)14)2-6(10)8(7)12;/h2-4H,1H3,(H,13,14);1H. The minimum absolute atomic E-state index is 0. The van der Waals surface area contributed by atoms with Crippen LogP contribution in [0, 0.1) is 0 Å². The first-order chi connectivity index (χ1) is 6.59. The maximum atomic E-state index is 10.7. The summed E-state index contributed by atoms with van der Waals surface area (Å²) in [7, 11) is 1.86. The van der Waals surface area contributed by atoms with Gasteiger partial charge in [0.1, 0.15) is 0 Å². The monoisotopic (exact) mass is 290 g/mol. The van der Waals surface area contributed by atoms with Gasteiger partial charge in [-0.2, -0.15) is 0 Å². The fourth-order valence-corrected chi connectivity index (χ4v) is 2.09. The van der Waals surface area contributed by atoms with Gasteiger partial charge in [-0.25, -0.2) is 9.78 Å². The lowest BCUT2D eigenvalue weighted by molar-refractivity contribution is 0.0697. The average Bonchev–Trinajstić information content (AvgIpc) is 2.48. The van der Waals surface area contributed by atoms with E-state index in [1.807, 2.05) is 11.6 Å². The maximum absolute atomic E-state index is 10.7. The molecule has 0 aliphatic heterocycles. The molecule has 2 rings (SSSR count). The quantitative estimate of drug-likeness (QED) is 0.878. The molecule has 0 atom stereocenters. The highest BCUT2D eigenvalue weighted by atomic mass is 79.9. The zero-order valence-corrected chi connectivity index (χ0v) is 10.2. The van der Waals surface area contributed by atoms with Gasteiger partial charge in [-0.05, 0) is 28.1 Å². The summed E-state index contributed by atoms with van der Waals surface area (Å²) < 4.78 is 2.58. The Balaban J connectivity index is 0.00000112. The lowest BCUT2D eigenvalue weighted by Gasteiger charge is -1.99. The minimum atomic E-state index is -0.946. The van der Waals surface area contributed by atoms with E-state index in [1.54, 1.807) is 18.5 Å². The SMILES string of the molecule is Cl.Cn1cnc2cc(C(=O)O)cc(Br)c21. The number of nitrogens with zero attached hydrogens (tertiary/aromatic N) is 2. The molecule has 0 saturated heterocycles. The lowest BCUT2D eigenvalue weighted by Crippen LogP contribution is -1.96. The molecule has 0 saturated carbocycles. The Hall–Kier alpha value is -1.07. The molecule has 15 heavy (non-hydrogen) atoms. The number of benzene rings is 1. The van der Waals surface area contributed by atoms with Crippen LogP contribution in [-0.4, -0.2) is 20.6 Å². The fraction of sp³-hybridized carbons (Fsp3) is 0.111. The molecule has 1 heterocycles. The summed E-state index contributed by atoms with van der Waals surface area (Å²) in [5.41, 5.74) is 1.82. The van der Waals surface area contributed by atoms with Crippen LogP contribution in [0.3, 0.4) is 0 Å². The van der Waals surface area contributed by atoms with Gasteiger partial charge in [0, 0.05) is 11.5 Å². The molecule has 0 amide bonds. The highest BCUT2D eigenvalue weighted by Gasteiger charge is 2.10. The smallest absolute Gasteiger partial charge is 0.335 e. The number of aromatic carboxylic acids is 1. The van der Waals surface area contributed by atoms with Gasteiger partial charge in [-0.15, -0.1) is 12.4 Å². The van der Waals surface area contributed by atoms with Gasteiger partial charge in [0.2, 0.25) is 0 Å². The second-order valence-electron chi connectivity index (χ2n) is 2.99. The molecule has 1 aromatic carbocycles. The number of rotatable bonds is 1. The van der Waals surface area contributed by atoms with E-state index >= 15 is 0 Å². The van der Waals surface area contributed by atoms with Crippen LogP contribution in [0.1, 0.15) is 10.4 Å². The third-order valence-corrected chi connectivity index (χ3v) is 2.62. The van der Waals surface area contributed by atoms with Crippen molar-refractivity contribution in [3.8, 4) is 0 Å². The summed E-state index contributed by atoms with van der Waals surface area (Å²) >= 11 is 3.32. The number of fused-ring (bicyclic) bond motifs is 1. The van der Waals surface area contributed by atoms with E-state index in [4.69, 9.17) is 5.11 Å². The molecule has 1 N–H and O–H groups in total. The molecule has 4 nitrogen and oxygen atoms in total. The van der Waals surface area contributed by atoms with Gasteiger partial charge in [0.05, 0.1) is 22.9 Å². The van der Waals surface area contributed by atoms with Crippen LogP contribution >= 0.6 is 28.3 Å². The van der Waals surface area contributed by atoms with Crippen LogP contribution in [0.4, 0.5) is 0 Å². The van der Waals surface area contributed by atoms with Crippen LogP contribution in [-0.2, 0) is 7.05 Å². The summed E-state index contributed by atoms with van der Waals surface area (Å²) in [5, 5.41) is 8.82. The van der Waals surface area contributed by atoms with E-state index in [1.165, 1.54) is 0 Å². The number of aryl methyl sites for hydroxylation is 1. The molecule has 0 radical (unpaired) electrons. The number of halogens is 2. The van der Waals surface area contributed by atoms with Crippen molar-refractivity contribution in [2.24, 2.45) is 7.05 Å². The molecule has 2 aromatic rings. The van der Waals surface area contributed by atoms with Gasteiger partial charge < -0.3 is 9.67 Å². The molecule has 0 fully saturated rings. The molecular weight excluding hydrogens is 283 g/mol. The molecule has 1 aromatic heterocycles. The summed E-state index contributed by atoms with van der Waals surface area (Å²) in [5.74, 6) is -0.946. The van der Waals surface area contributed by atoms with Gasteiger partial charge in [-0.3, -0.25) is 0 Å². The van der Waals surface area contributed by atoms with E-state index in [2.05, 4.69) is 20.9 Å². The molecule has 0 spiro atoms. The van der Waals surface area contributed by atoms with Crippen molar-refractivity contribution in [2.45, 2.75) is 0 Å². The van der Waals surface area contributed by atoms with Crippen LogP contribution in [0.2, 0.25) is 0 Å². The molecule has 80 valence electrons. The zero-order chi connectivity index (χ0) is 10.3. The molecular formula is C9H8BrClN2O2. The van der Waals surface area contributed by atoms with E-state index in [0.717, 1.165) is 9.99 Å². The predicted octanol–water partition coefficient (Wildman–Crippen LogP) is 2.46. The van der Waals surface area contributed by atoms with Crippen molar-refractivity contribution in [2.75, 3.05) is 0 Å². The highest BCUT2D eigenvalue weighted by molar-refractivity contribution is 9.10. The summed E-state index contributed by atoms with van der Waals surface area (Å²) in [6, 6.07) is 3.13. The number of hydrogen-bond donors (Lipinski definition) is 1. The Bertz CT molecular complexity index is 524. The number of carboxylic acid groups (broad SMARTS) is 1. The largest absolute Gasteiger partial charge is 0.478 e. The Labute approximate surface area is 100 Å². The lowest BCUT2D eigenvalue weighted by atomic mass is 10.2. The van der Waals surface area contributed by atoms with Crippen LogP contribution < -0.4 is 0 Å². The van der Waals surface area contributed by atoms with Gasteiger partial charge >= 0.3 is 5.97 Å². The first-order valence-electron chi connectivity index (χ1n) is 3.93. The Morgan fingerprint density at radius 1 is 1.53 bits per heavy atom. The Kier molecular flexibility index (Phi) is 3.36. The zero-order valence-electron chi connectivity index (χ0n) is 7.77. The topological polar surface area (TPSA) is 55.1 Å². The Morgan fingerprint density at radius 3 is 2.80 bits per heavy atom. The van der Waals surface area contributed by atoms with Gasteiger partial charge in [-0.1, -0.05) is 0 Å². The average molecular weight is 292 g/mol. The molecule has 6 heteroatoms. The minimum Gasteiger partial charge on any atom is -0.478 e. The molecule has 0 aliphatic carbocycles. The van der Waals surface area contributed by atoms with Gasteiger partial charge in [0.15, 0.2) is 0 Å². The van der Waals surface area contributed by atoms with E-state index < -0.39 is 5.97 Å². The summed E-state index contributed by atoms with van der Waals surface area (Å²) in [6.45, 7) is 0. The van der Waals surface area contributed by atoms with Crippen molar-refractivity contribution in [3.05, 3.63) is 28.5 Å². The van der Waals surface area contributed by atoms with Crippen molar-refractivity contribution in [3.63, 3.8) is 0 Å². The van der Waals surface area contributed by atoms with Crippen molar-refractivity contribution >= 4 is 45.3 Å². The molecule has 0 bridgehead atoms. The van der Waals surface area contributed by atoms with E-state index in [-0.39, 0.29) is 18.0 Å². The second kappa shape index (κ2) is 4.20. The van der Waals surface area contributed by atoms with Crippen molar-refractivity contribution in [1.82, 2.24) is 9.55 Å². The highest BCUT2D eigenvalue weighted by Crippen LogP contribution is 2.24. The van der Waals surface area contributed by atoms with Gasteiger partial charge in [0.25, 0.3) is 0 Å². The maximum Gasteiger partial charge on any atom is 0.335 e. The summed E-state index contributed by atoms with van der Waals surface area (Å²) in [6.07, 6.45) is 1.65. The van der Waals surface area contributed by atoms with Crippen molar-refractivity contribution < 1.29 is 9.90 Å². The number of imidazole rings is 1. The summed E-state index contributed by atoms with van der Waals surface area (Å²) in [4.78, 5) is 14.8. The molecule has 0 unspecified atom stereocenters. The van der Waals surface area contributed by atoms with E-state index in [9.17, 15) is 4.79 Å². The third-order valence-electron chi connectivity index (χ3n) is 2.01. The second-order valence-corrected chi connectivity index (χ2v) is 3.84. The predicted molar refractivity (Wildman–Crippen MR) is 62.6 cm³/mol.